The Morgan fingerprint density at radius 3 is 2.69 bits per heavy atom. The Morgan fingerprint density at radius 1 is 1.09 bits per heavy atom. The predicted molar refractivity (Wildman–Crippen MR) is 131 cm³/mol. The molecule has 32 heavy (non-hydrogen) atoms. The number of ether oxygens (including phenoxy) is 2. The van der Waals surface area contributed by atoms with Gasteiger partial charge in [0.25, 0.3) is 0 Å². The number of likely N-dealkylation sites (tertiary alicyclic amines) is 1. The summed E-state index contributed by atoms with van der Waals surface area (Å²) in [4.78, 5) is 7.45. The van der Waals surface area contributed by atoms with Crippen LogP contribution in [0.25, 0.3) is 11.0 Å². The number of unbranched alkanes of at least 4 members (excludes halogenated alkanes) is 1. The molecule has 1 saturated heterocycles. The monoisotopic (exact) mass is 455 g/mol. The van der Waals surface area contributed by atoms with Gasteiger partial charge in [0.1, 0.15) is 11.6 Å². The summed E-state index contributed by atoms with van der Waals surface area (Å²) in [6.07, 6.45) is 4.41. The van der Waals surface area contributed by atoms with Gasteiger partial charge in [0.15, 0.2) is 0 Å². The third-order valence-electron chi connectivity index (χ3n) is 6.37. The van der Waals surface area contributed by atoms with Crippen molar-refractivity contribution in [3.8, 4) is 5.75 Å². The topological polar surface area (TPSA) is 39.5 Å². The number of benzene rings is 2. The number of imidazole rings is 1. The molecule has 0 saturated carbocycles. The minimum atomic E-state index is 0.480. The molecule has 5 nitrogen and oxygen atoms in total. The second-order valence-electron chi connectivity index (χ2n) is 8.60. The van der Waals surface area contributed by atoms with Gasteiger partial charge in [-0.1, -0.05) is 37.1 Å². The van der Waals surface area contributed by atoms with Crippen molar-refractivity contribution in [2.24, 2.45) is 0 Å². The van der Waals surface area contributed by atoms with Gasteiger partial charge < -0.3 is 14.0 Å². The number of nitrogens with zero attached hydrogens (tertiary/aromatic N) is 3. The van der Waals surface area contributed by atoms with Crippen molar-refractivity contribution in [1.29, 1.82) is 0 Å². The van der Waals surface area contributed by atoms with E-state index < -0.39 is 0 Å². The summed E-state index contributed by atoms with van der Waals surface area (Å²) in [5, 5.41) is 0.789. The quantitative estimate of drug-likeness (QED) is 0.357. The third kappa shape index (κ3) is 5.45. The van der Waals surface area contributed by atoms with Gasteiger partial charge in [-0.15, -0.1) is 0 Å². The number of piperidine rings is 1. The highest BCUT2D eigenvalue weighted by Gasteiger charge is 2.25. The van der Waals surface area contributed by atoms with Crippen molar-refractivity contribution in [3.05, 3.63) is 58.9 Å². The number of methoxy groups -OCH3 is 1. The average molecular weight is 456 g/mol. The number of halogens is 1. The minimum absolute atomic E-state index is 0.480. The molecule has 172 valence electrons. The fourth-order valence-electron chi connectivity index (χ4n) is 4.58. The van der Waals surface area contributed by atoms with E-state index >= 15 is 0 Å². The molecule has 0 spiro atoms. The molecular weight excluding hydrogens is 422 g/mol. The molecule has 1 aliphatic rings. The fourth-order valence-corrected chi connectivity index (χ4v) is 4.76. The van der Waals surface area contributed by atoms with Gasteiger partial charge in [-0.2, -0.15) is 0 Å². The molecule has 6 heteroatoms. The summed E-state index contributed by atoms with van der Waals surface area (Å²) in [5.74, 6) is 2.60. The van der Waals surface area contributed by atoms with Crippen LogP contribution in [-0.2, 0) is 17.8 Å². The Hall–Kier alpha value is -2.08. The lowest BCUT2D eigenvalue weighted by molar-refractivity contribution is 0.178. The lowest BCUT2D eigenvalue weighted by Gasteiger charge is -2.32. The maximum Gasteiger partial charge on any atom is 0.124 e. The lowest BCUT2D eigenvalue weighted by atomic mass is 9.88. The molecule has 0 aliphatic carbocycles. The van der Waals surface area contributed by atoms with Gasteiger partial charge in [0.2, 0.25) is 0 Å². The largest absolute Gasteiger partial charge is 0.493 e. The molecule has 1 aromatic heterocycles. The lowest BCUT2D eigenvalue weighted by Crippen LogP contribution is -2.33. The van der Waals surface area contributed by atoms with Crippen LogP contribution in [0.5, 0.6) is 5.75 Å². The summed E-state index contributed by atoms with van der Waals surface area (Å²) in [6, 6.07) is 14.4. The van der Waals surface area contributed by atoms with Crippen LogP contribution in [0.1, 0.15) is 49.9 Å². The number of hydrogen-bond acceptors (Lipinski definition) is 4. The Balaban J connectivity index is 1.43. The molecule has 1 aliphatic heterocycles. The highest BCUT2D eigenvalue weighted by atomic mass is 35.5. The van der Waals surface area contributed by atoms with Crippen molar-refractivity contribution >= 4 is 22.6 Å². The van der Waals surface area contributed by atoms with Crippen molar-refractivity contribution in [2.45, 2.75) is 51.6 Å². The van der Waals surface area contributed by atoms with Crippen molar-refractivity contribution < 1.29 is 9.47 Å². The van der Waals surface area contributed by atoms with E-state index in [1.807, 2.05) is 12.1 Å². The molecule has 0 N–H and O–H groups in total. The van der Waals surface area contributed by atoms with Crippen LogP contribution in [0.3, 0.4) is 0 Å². The van der Waals surface area contributed by atoms with E-state index in [1.54, 1.807) is 7.11 Å². The molecule has 2 heterocycles. The van der Waals surface area contributed by atoms with E-state index in [2.05, 4.69) is 46.7 Å². The zero-order chi connectivity index (χ0) is 22.3. The summed E-state index contributed by atoms with van der Waals surface area (Å²) in [7, 11) is 1.75. The first kappa shape index (κ1) is 23.1. The van der Waals surface area contributed by atoms with E-state index in [0.717, 1.165) is 80.6 Å². The second kappa shape index (κ2) is 11.2. The van der Waals surface area contributed by atoms with Crippen LogP contribution in [0, 0.1) is 0 Å². The van der Waals surface area contributed by atoms with Crippen LogP contribution in [0.15, 0.2) is 42.5 Å². The SMILES string of the molecule is CCCCOc1ccc(Cl)cc1C1CCN(Cc2nc3ccccc3n2CCOC)CC1. The van der Waals surface area contributed by atoms with Crippen molar-refractivity contribution in [2.75, 3.05) is 33.4 Å². The number of rotatable bonds is 10. The van der Waals surface area contributed by atoms with Crippen LogP contribution in [0.4, 0.5) is 0 Å². The van der Waals surface area contributed by atoms with E-state index in [-0.39, 0.29) is 0 Å². The van der Waals surface area contributed by atoms with Crippen LogP contribution in [-0.4, -0.2) is 47.9 Å². The zero-order valence-electron chi connectivity index (χ0n) is 19.2. The first-order chi connectivity index (χ1) is 15.7. The number of fused-ring (bicyclic) bond motifs is 1. The van der Waals surface area contributed by atoms with Gasteiger partial charge in [-0.05, 0) is 74.2 Å². The standard InChI is InChI=1S/C26H34ClN3O2/c1-3-4-16-32-25-10-9-21(27)18-22(25)20-11-13-29(14-12-20)19-26-28-23-7-5-6-8-24(23)30(26)15-17-31-2/h5-10,18,20H,3-4,11-17,19H2,1-2H3. The molecule has 0 amide bonds. The van der Waals surface area contributed by atoms with Crippen LogP contribution >= 0.6 is 11.6 Å². The Bertz CT molecular complexity index is 1010. The molecule has 0 radical (unpaired) electrons. The van der Waals surface area contributed by atoms with Crippen LogP contribution in [0.2, 0.25) is 5.02 Å². The van der Waals surface area contributed by atoms with Gasteiger partial charge in [-0.25, -0.2) is 4.98 Å². The Morgan fingerprint density at radius 2 is 1.91 bits per heavy atom. The van der Waals surface area contributed by atoms with Gasteiger partial charge in [-0.3, -0.25) is 4.90 Å². The normalized spacial score (nSPS) is 15.5. The van der Waals surface area contributed by atoms with Gasteiger partial charge >= 0.3 is 0 Å². The molecular formula is C26H34ClN3O2. The summed E-state index contributed by atoms with van der Waals surface area (Å²) in [5.41, 5.74) is 3.50. The predicted octanol–water partition coefficient (Wildman–Crippen LogP) is 5.89. The average Bonchev–Trinajstić information content (AvgIpc) is 3.16. The number of hydrogen-bond donors (Lipinski definition) is 0. The molecule has 0 bridgehead atoms. The summed E-state index contributed by atoms with van der Waals surface area (Å²) in [6.45, 7) is 7.40. The van der Waals surface area contributed by atoms with E-state index in [9.17, 15) is 0 Å². The maximum absolute atomic E-state index is 6.34. The van der Waals surface area contributed by atoms with E-state index in [1.165, 1.54) is 11.1 Å². The van der Waals surface area contributed by atoms with Gasteiger partial charge in [0, 0.05) is 18.7 Å². The highest BCUT2D eigenvalue weighted by Crippen LogP contribution is 2.36. The molecule has 0 unspecified atom stereocenters. The first-order valence-electron chi connectivity index (χ1n) is 11.8. The minimum Gasteiger partial charge on any atom is -0.493 e. The Labute approximate surface area is 196 Å². The van der Waals surface area contributed by atoms with Crippen LogP contribution < -0.4 is 4.74 Å². The number of aromatic nitrogens is 2. The molecule has 0 atom stereocenters. The van der Waals surface area contributed by atoms with Crippen molar-refractivity contribution in [1.82, 2.24) is 14.5 Å². The molecule has 3 aromatic rings. The third-order valence-corrected chi connectivity index (χ3v) is 6.61. The van der Waals surface area contributed by atoms with E-state index in [4.69, 9.17) is 26.1 Å². The molecule has 4 rings (SSSR count). The Kier molecular flexibility index (Phi) is 8.06. The van der Waals surface area contributed by atoms with Crippen molar-refractivity contribution in [3.63, 3.8) is 0 Å². The second-order valence-corrected chi connectivity index (χ2v) is 9.03. The first-order valence-corrected chi connectivity index (χ1v) is 12.1. The summed E-state index contributed by atoms with van der Waals surface area (Å²) >= 11 is 6.34. The molecule has 1 fully saturated rings. The molecule has 2 aromatic carbocycles. The fraction of sp³-hybridized carbons (Fsp3) is 0.500. The smallest absolute Gasteiger partial charge is 0.124 e. The highest BCUT2D eigenvalue weighted by molar-refractivity contribution is 6.30. The zero-order valence-corrected chi connectivity index (χ0v) is 20.0. The van der Waals surface area contributed by atoms with E-state index in [0.29, 0.717) is 12.5 Å². The number of para-hydroxylation sites is 2. The van der Waals surface area contributed by atoms with Gasteiger partial charge in [0.05, 0.1) is 30.8 Å². The summed E-state index contributed by atoms with van der Waals surface area (Å²) < 4.78 is 13.7. The maximum atomic E-state index is 6.34.